The van der Waals surface area contributed by atoms with Crippen molar-refractivity contribution in [1.29, 1.82) is 0 Å². The monoisotopic (exact) mass is 347 g/mol. The van der Waals surface area contributed by atoms with Crippen LogP contribution in [-0.4, -0.2) is 37.5 Å². The number of nitrogens with one attached hydrogen (secondary N) is 1. The highest BCUT2D eigenvalue weighted by Gasteiger charge is 2.20. The fourth-order valence-electron chi connectivity index (χ4n) is 2.80. The van der Waals surface area contributed by atoms with Crippen molar-refractivity contribution in [2.24, 2.45) is 5.14 Å². The van der Waals surface area contributed by atoms with Crippen LogP contribution in [0.5, 0.6) is 0 Å². The molecule has 0 spiro atoms. The van der Waals surface area contributed by atoms with Crippen LogP contribution >= 0.6 is 0 Å². The first-order chi connectivity index (χ1) is 11.5. The zero-order valence-electron chi connectivity index (χ0n) is 13.3. The Bertz CT molecular complexity index is 757. The van der Waals surface area contributed by atoms with Crippen molar-refractivity contribution in [1.82, 2.24) is 15.3 Å². The average Bonchev–Trinajstić information content (AvgIpc) is 2.61. The van der Waals surface area contributed by atoms with Crippen LogP contribution in [0, 0.1) is 0 Å². The van der Waals surface area contributed by atoms with Gasteiger partial charge in [0, 0.05) is 38.1 Å². The van der Waals surface area contributed by atoms with E-state index < -0.39 is 10.0 Å². The predicted molar refractivity (Wildman–Crippen MR) is 91.9 cm³/mol. The average molecular weight is 347 g/mol. The lowest BCUT2D eigenvalue weighted by Gasteiger charge is -2.32. The maximum atomic E-state index is 11.2. The van der Waals surface area contributed by atoms with Crippen molar-refractivity contribution in [3.05, 3.63) is 48.3 Å². The lowest BCUT2D eigenvalue weighted by molar-refractivity contribution is 0.411. The van der Waals surface area contributed by atoms with E-state index in [-0.39, 0.29) is 4.90 Å². The van der Waals surface area contributed by atoms with E-state index in [0.29, 0.717) is 12.6 Å². The highest BCUT2D eigenvalue weighted by Crippen LogP contribution is 2.16. The maximum Gasteiger partial charge on any atom is 0.238 e. The van der Waals surface area contributed by atoms with E-state index in [1.165, 1.54) is 0 Å². The third-order valence-electron chi connectivity index (χ3n) is 4.18. The first-order valence-electron chi connectivity index (χ1n) is 7.89. The lowest BCUT2D eigenvalue weighted by Crippen LogP contribution is -2.42. The number of aromatic nitrogens is 2. The fourth-order valence-corrected chi connectivity index (χ4v) is 3.31. The molecule has 1 aromatic heterocycles. The molecule has 3 N–H and O–H groups in total. The number of anilines is 1. The molecular weight excluding hydrogens is 326 g/mol. The largest absolute Gasteiger partial charge is 0.341 e. The van der Waals surface area contributed by atoms with Crippen LogP contribution in [0.2, 0.25) is 0 Å². The number of nitrogens with two attached hydrogens (primary N) is 1. The summed E-state index contributed by atoms with van der Waals surface area (Å²) in [5.41, 5.74) is 1.04. The summed E-state index contributed by atoms with van der Waals surface area (Å²) >= 11 is 0. The van der Waals surface area contributed by atoms with Crippen molar-refractivity contribution < 1.29 is 8.42 Å². The van der Waals surface area contributed by atoms with Gasteiger partial charge >= 0.3 is 0 Å². The van der Waals surface area contributed by atoms with E-state index in [4.69, 9.17) is 5.14 Å². The number of primary sulfonamides is 1. The SMILES string of the molecule is NS(=O)(=O)c1ccc(CNC2CCN(c3ncccn3)CC2)cc1. The van der Waals surface area contributed by atoms with Crippen molar-refractivity contribution in [3.8, 4) is 0 Å². The third kappa shape index (κ3) is 4.28. The van der Waals surface area contributed by atoms with Gasteiger partial charge in [-0.2, -0.15) is 0 Å². The van der Waals surface area contributed by atoms with Gasteiger partial charge in [0.1, 0.15) is 0 Å². The second kappa shape index (κ2) is 7.25. The first kappa shape index (κ1) is 16.8. The van der Waals surface area contributed by atoms with Crippen LogP contribution in [-0.2, 0) is 16.6 Å². The molecule has 0 aliphatic carbocycles. The summed E-state index contributed by atoms with van der Waals surface area (Å²) in [6.45, 7) is 2.55. The van der Waals surface area contributed by atoms with Crippen LogP contribution in [0.3, 0.4) is 0 Å². The summed E-state index contributed by atoms with van der Waals surface area (Å²) in [6.07, 6.45) is 5.57. The second-order valence-corrected chi connectivity index (χ2v) is 7.44. The first-order valence-corrected chi connectivity index (χ1v) is 9.44. The summed E-state index contributed by atoms with van der Waals surface area (Å²) in [7, 11) is -3.63. The minimum Gasteiger partial charge on any atom is -0.341 e. The van der Waals surface area contributed by atoms with Crippen molar-refractivity contribution in [2.75, 3.05) is 18.0 Å². The number of benzene rings is 1. The Morgan fingerprint density at radius 3 is 2.33 bits per heavy atom. The molecule has 0 atom stereocenters. The van der Waals surface area contributed by atoms with Gasteiger partial charge in [0.2, 0.25) is 16.0 Å². The van der Waals surface area contributed by atoms with Crippen LogP contribution in [0.4, 0.5) is 5.95 Å². The molecular formula is C16H21N5O2S. The van der Waals surface area contributed by atoms with E-state index in [1.807, 2.05) is 6.07 Å². The highest BCUT2D eigenvalue weighted by molar-refractivity contribution is 7.89. The quantitative estimate of drug-likeness (QED) is 0.833. The van der Waals surface area contributed by atoms with Gasteiger partial charge in [-0.05, 0) is 36.6 Å². The van der Waals surface area contributed by atoms with Crippen molar-refractivity contribution in [2.45, 2.75) is 30.3 Å². The molecule has 1 aliphatic rings. The normalized spacial score (nSPS) is 16.3. The number of piperidine rings is 1. The van der Waals surface area contributed by atoms with Gasteiger partial charge in [-0.3, -0.25) is 0 Å². The summed E-state index contributed by atoms with van der Waals surface area (Å²) in [6, 6.07) is 8.92. The molecule has 24 heavy (non-hydrogen) atoms. The number of hydrogen-bond donors (Lipinski definition) is 2. The Kier molecular flexibility index (Phi) is 5.08. The molecule has 0 unspecified atom stereocenters. The van der Waals surface area contributed by atoms with E-state index in [9.17, 15) is 8.42 Å². The van der Waals surface area contributed by atoms with Gasteiger partial charge in [0.15, 0.2) is 0 Å². The third-order valence-corrected chi connectivity index (χ3v) is 5.11. The number of sulfonamides is 1. The van der Waals surface area contributed by atoms with E-state index >= 15 is 0 Å². The molecule has 2 aromatic rings. The molecule has 0 saturated carbocycles. The zero-order chi connectivity index (χ0) is 17.0. The Balaban J connectivity index is 1.48. The fraction of sp³-hybridized carbons (Fsp3) is 0.375. The zero-order valence-corrected chi connectivity index (χ0v) is 14.1. The Hall–Kier alpha value is -2.03. The van der Waals surface area contributed by atoms with Crippen LogP contribution < -0.4 is 15.4 Å². The summed E-state index contributed by atoms with van der Waals surface area (Å²) < 4.78 is 22.5. The van der Waals surface area contributed by atoms with Crippen molar-refractivity contribution in [3.63, 3.8) is 0 Å². The molecule has 1 saturated heterocycles. The molecule has 1 aromatic carbocycles. The molecule has 1 aliphatic heterocycles. The minimum atomic E-state index is -3.63. The van der Waals surface area contributed by atoms with E-state index in [0.717, 1.165) is 37.4 Å². The standard InChI is InChI=1S/C16H21N5O2S/c17-24(22,23)15-4-2-13(3-5-15)12-20-14-6-10-21(11-7-14)16-18-8-1-9-19-16/h1-5,8-9,14,20H,6-7,10-12H2,(H2,17,22,23). The summed E-state index contributed by atoms with van der Waals surface area (Å²) in [4.78, 5) is 10.9. The molecule has 3 rings (SSSR count). The number of hydrogen-bond acceptors (Lipinski definition) is 6. The van der Waals surface area contributed by atoms with Gasteiger partial charge in [0.05, 0.1) is 4.90 Å². The lowest BCUT2D eigenvalue weighted by atomic mass is 10.0. The van der Waals surface area contributed by atoms with E-state index in [1.54, 1.807) is 36.7 Å². The molecule has 0 amide bonds. The van der Waals surface area contributed by atoms with E-state index in [2.05, 4.69) is 20.2 Å². The van der Waals surface area contributed by atoms with Crippen LogP contribution in [0.25, 0.3) is 0 Å². The maximum absolute atomic E-state index is 11.2. The molecule has 1 fully saturated rings. The Morgan fingerprint density at radius 2 is 1.75 bits per heavy atom. The minimum absolute atomic E-state index is 0.141. The second-order valence-electron chi connectivity index (χ2n) is 5.88. The highest BCUT2D eigenvalue weighted by atomic mass is 32.2. The van der Waals surface area contributed by atoms with Gasteiger partial charge in [0.25, 0.3) is 0 Å². The molecule has 8 heteroatoms. The summed E-state index contributed by atoms with van der Waals surface area (Å²) in [5, 5.41) is 8.62. The van der Waals surface area contributed by atoms with Gasteiger partial charge in [-0.25, -0.2) is 23.5 Å². The number of rotatable bonds is 5. The molecule has 0 radical (unpaired) electrons. The van der Waals surface area contributed by atoms with Gasteiger partial charge in [-0.1, -0.05) is 12.1 Å². The van der Waals surface area contributed by atoms with Crippen LogP contribution in [0.1, 0.15) is 18.4 Å². The van der Waals surface area contributed by atoms with Crippen molar-refractivity contribution >= 4 is 16.0 Å². The van der Waals surface area contributed by atoms with Crippen LogP contribution in [0.15, 0.2) is 47.6 Å². The topological polar surface area (TPSA) is 101 Å². The Morgan fingerprint density at radius 1 is 1.12 bits per heavy atom. The molecule has 128 valence electrons. The Labute approximate surface area is 142 Å². The number of nitrogens with zero attached hydrogens (tertiary/aromatic N) is 3. The van der Waals surface area contributed by atoms with Gasteiger partial charge < -0.3 is 10.2 Å². The molecule has 2 heterocycles. The van der Waals surface area contributed by atoms with Gasteiger partial charge in [-0.15, -0.1) is 0 Å². The smallest absolute Gasteiger partial charge is 0.238 e. The predicted octanol–water partition coefficient (Wildman–Crippen LogP) is 0.883. The molecule has 7 nitrogen and oxygen atoms in total. The summed E-state index contributed by atoms with van der Waals surface area (Å²) in [5.74, 6) is 0.787. The molecule has 0 bridgehead atoms.